The van der Waals surface area contributed by atoms with Gasteiger partial charge in [0.15, 0.2) is 0 Å². The van der Waals surface area contributed by atoms with E-state index in [1.807, 2.05) is 32.9 Å². The minimum Gasteiger partial charge on any atom is -0.491 e. The number of imidazole rings is 1. The molecule has 2 N–H and O–H groups in total. The number of ether oxygens (including phenoxy) is 1. The molecular weight excluding hydrogens is 226 g/mol. The lowest BCUT2D eigenvalue weighted by molar-refractivity contribution is 0.242. The molecule has 0 saturated carbocycles. The van der Waals surface area contributed by atoms with Crippen molar-refractivity contribution in [2.75, 3.05) is 0 Å². The fourth-order valence-electron chi connectivity index (χ4n) is 2.15. The topological polar surface area (TPSA) is 53.1 Å². The molecule has 18 heavy (non-hydrogen) atoms. The van der Waals surface area contributed by atoms with Crippen molar-refractivity contribution in [1.29, 1.82) is 0 Å². The number of fused-ring (bicyclic) bond motifs is 1. The van der Waals surface area contributed by atoms with Gasteiger partial charge in [-0.05, 0) is 39.8 Å². The van der Waals surface area contributed by atoms with Gasteiger partial charge in [0.2, 0.25) is 0 Å². The third kappa shape index (κ3) is 2.34. The van der Waals surface area contributed by atoms with Crippen LogP contribution >= 0.6 is 0 Å². The SMILES string of the molecule is CCn1c(C(C)N)nc2cc(OC(C)C)ccc21. The molecule has 0 spiro atoms. The quantitative estimate of drug-likeness (QED) is 0.903. The summed E-state index contributed by atoms with van der Waals surface area (Å²) in [6.45, 7) is 8.96. The molecule has 1 heterocycles. The van der Waals surface area contributed by atoms with E-state index in [9.17, 15) is 0 Å². The summed E-state index contributed by atoms with van der Waals surface area (Å²) in [4.78, 5) is 4.61. The third-order valence-corrected chi connectivity index (χ3v) is 2.84. The van der Waals surface area contributed by atoms with Gasteiger partial charge in [-0.3, -0.25) is 0 Å². The van der Waals surface area contributed by atoms with Crippen molar-refractivity contribution in [2.45, 2.75) is 46.4 Å². The van der Waals surface area contributed by atoms with Crippen molar-refractivity contribution in [3.63, 3.8) is 0 Å². The van der Waals surface area contributed by atoms with Gasteiger partial charge < -0.3 is 15.0 Å². The van der Waals surface area contributed by atoms with Crippen molar-refractivity contribution in [2.24, 2.45) is 5.73 Å². The Kier molecular flexibility index (Phi) is 3.57. The van der Waals surface area contributed by atoms with Gasteiger partial charge in [0.1, 0.15) is 11.6 Å². The largest absolute Gasteiger partial charge is 0.491 e. The number of rotatable bonds is 4. The average Bonchev–Trinajstić information content (AvgIpc) is 2.65. The van der Waals surface area contributed by atoms with Gasteiger partial charge in [-0.1, -0.05) is 0 Å². The summed E-state index contributed by atoms with van der Waals surface area (Å²) in [6.07, 6.45) is 0.170. The zero-order valence-corrected chi connectivity index (χ0v) is 11.5. The second-order valence-electron chi connectivity index (χ2n) is 4.82. The summed E-state index contributed by atoms with van der Waals surface area (Å²) in [7, 11) is 0. The van der Waals surface area contributed by atoms with Gasteiger partial charge in [-0.15, -0.1) is 0 Å². The van der Waals surface area contributed by atoms with E-state index in [1.54, 1.807) is 0 Å². The predicted octanol–water partition coefficient (Wildman–Crippen LogP) is 2.86. The summed E-state index contributed by atoms with van der Waals surface area (Å²) < 4.78 is 7.84. The van der Waals surface area contributed by atoms with Gasteiger partial charge >= 0.3 is 0 Å². The highest BCUT2D eigenvalue weighted by molar-refractivity contribution is 5.78. The van der Waals surface area contributed by atoms with Crippen LogP contribution in [0.2, 0.25) is 0 Å². The van der Waals surface area contributed by atoms with E-state index in [0.29, 0.717) is 0 Å². The summed E-state index contributed by atoms with van der Waals surface area (Å²) in [5.41, 5.74) is 8.02. The summed E-state index contributed by atoms with van der Waals surface area (Å²) >= 11 is 0. The van der Waals surface area contributed by atoms with E-state index in [2.05, 4.69) is 22.5 Å². The lowest BCUT2D eigenvalue weighted by Crippen LogP contribution is -2.12. The zero-order valence-electron chi connectivity index (χ0n) is 11.5. The highest BCUT2D eigenvalue weighted by Crippen LogP contribution is 2.24. The van der Waals surface area contributed by atoms with Crippen molar-refractivity contribution in [1.82, 2.24) is 9.55 Å². The highest BCUT2D eigenvalue weighted by atomic mass is 16.5. The predicted molar refractivity (Wildman–Crippen MR) is 73.8 cm³/mol. The molecule has 0 fully saturated rings. The number of hydrogen-bond donors (Lipinski definition) is 1. The van der Waals surface area contributed by atoms with Crippen molar-refractivity contribution in [3.8, 4) is 5.75 Å². The van der Waals surface area contributed by atoms with E-state index >= 15 is 0 Å². The van der Waals surface area contributed by atoms with E-state index in [4.69, 9.17) is 10.5 Å². The average molecular weight is 247 g/mol. The Morgan fingerprint density at radius 3 is 2.61 bits per heavy atom. The molecule has 1 unspecified atom stereocenters. The molecule has 0 aliphatic heterocycles. The molecule has 4 heteroatoms. The third-order valence-electron chi connectivity index (χ3n) is 2.84. The zero-order chi connectivity index (χ0) is 13.3. The molecule has 0 radical (unpaired) electrons. The molecule has 98 valence electrons. The van der Waals surface area contributed by atoms with E-state index in [-0.39, 0.29) is 12.1 Å². The van der Waals surface area contributed by atoms with Crippen LogP contribution in [-0.2, 0) is 6.54 Å². The molecular formula is C14H21N3O. The second-order valence-corrected chi connectivity index (χ2v) is 4.82. The van der Waals surface area contributed by atoms with Crippen LogP contribution in [0.3, 0.4) is 0 Å². The molecule has 0 amide bonds. The van der Waals surface area contributed by atoms with Gasteiger partial charge in [0.25, 0.3) is 0 Å². The first kappa shape index (κ1) is 12.9. The fraction of sp³-hybridized carbons (Fsp3) is 0.500. The number of benzene rings is 1. The highest BCUT2D eigenvalue weighted by Gasteiger charge is 2.13. The first-order valence-electron chi connectivity index (χ1n) is 6.45. The molecule has 0 bridgehead atoms. The molecule has 1 aromatic heterocycles. The molecule has 1 aromatic carbocycles. The Balaban J connectivity index is 2.51. The van der Waals surface area contributed by atoms with Crippen LogP contribution in [0.15, 0.2) is 18.2 Å². The van der Waals surface area contributed by atoms with Crippen LogP contribution in [-0.4, -0.2) is 15.7 Å². The Morgan fingerprint density at radius 2 is 2.06 bits per heavy atom. The molecule has 4 nitrogen and oxygen atoms in total. The number of nitrogens with two attached hydrogens (primary N) is 1. The lowest BCUT2D eigenvalue weighted by atomic mass is 10.3. The minimum absolute atomic E-state index is 0.0631. The molecule has 0 aliphatic carbocycles. The summed E-state index contributed by atoms with van der Waals surface area (Å²) in [6, 6.07) is 5.95. The van der Waals surface area contributed by atoms with Gasteiger partial charge in [-0.2, -0.15) is 0 Å². The molecule has 2 aromatic rings. The Bertz CT molecular complexity index is 543. The number of nitrogens with zero attached hydrogens (tertiary/aromatic N) is 2. The monoisotopic (exact) mass is 247 g/mol. The maximum Gasteiger partial charge on any atom is 0.126 e. The molecule has 2 rings (SSSR count). The smallest absolute Gasteiger partial charge is 0.126 e. The molecule has 1 atom stereocenters. The van der Waals surface area contributed by atoms with E-state index in [0.717, 1.165) is 29.2 Å². The van der Waals surface area contributed by atoms with Crippen LogP contribution in [0.25, 0.3) is 11.0 Å². The van der Waals surface area contributed by atoms with Gasteiger partial charge in [0, 0.05) is 12.6 Å². The Morgan fingerprint density at radius 1 is 1.33 bits per heavy atom. The maximum atomic E-state index is 5.96. The minimum atomic E-state index is -0.0631. The van der Waals surface area contributed by atoms with Crippen LogP contribution in [0, 0.1) is 0 Å². The van der Waals surface area contributed by atoms with Crippen molar-refractivity contribution >= 4 is 11.0 Å². The fourth-order valence-corrected chi connectivity index (χ4v) is 2.15. The van der Waals surface area contributed by atoms with Crippen LogP contribution in [0.5, 0.6) is 5.75 Å². The molecule has 0 aliphatic rings. The maximum absolute atomic E-state index is 5.96. The van der Waals surface area contributed by atoms with Crippen LogP contribution < -0.4 is 10.5 Å². The van der Waals surface area contributed by atoms with Crippen LogP contribution in [0.1, 0.15) is 39.6 Å². The second kappa shape index (κ2) is 4.98. The number of aryl methyl sites for hydroxylation is 1. The summed E-state index contributed by atoms with van der Waals surface area (Å²) in [5.74, 6) is 1.78. The standard InChI is InChI=1S/C14H21N3O/c1-5-17-13-7-6-11(18-9(2)3)8-12(13)16-14(17)10(4)15/h6-10H,5,15H2,1-4H3. The normalized spacial score (nSPS) is 13.2. The van der Waals surface area contributed by atoms with E-state index < -0.39 is 0 Å². The van der Waals surface area contributed by atoms with Crippen LogP contribution in [0.4, 0.5) is 0 Å². The number of hydrogen-bond acceptors (Lipinski definition) is 3. The first-order chi connectivity index (χ1) is 8.52. The molecule has 0 saturated heterocycles. The van der Waals surface area contributed by atoms with Crippen molar-refractivity contribution in [3.05, 3.63) is 24.0 Å². The Hall–Kier alpha value is -1.55. The van der Waals surface area contributed by atoms with E-state index in [1.165, 1.54) is 0 Å². The van der Waals surface area contributed by atoms with Gasteiger partial charge in [0.05, 0.1) is 23.2 Å². The number of aromatic nitrogens is 2. The van der Waals surface area contributed by atoms with Crippen molar-refractivity contribution < 1.29 is 4.74 Å². The van der Waals surface area contributed by atoms with Gasteiger partial charge in [-0.25, -0.2) is 4.98 Å². The first-order valence-corrected chi connectivity index (χ1v) is 6.45. The lowest BCUT2D eigenvalue weighted by Gasteiger charge is -2.10. The Labute approximate surface area is 108 Å². The summed E-state index contributed by atoms with van der Waals surface area (Å²) in [5, 5.41) is 0.